The van der Waals surface area contributed by atoms with Gasteiger partial charge in [-0.05, 0) is 39.5 Å². The van der Waals surface area contributed by atoms with E-state index in [0.717, 1.165) is 22.7 Å². The predicted octanol–water partition coefficient (Wildman–Crippen LogP) is 3.14. The Labute approximate surface area is 136 Å². The van der Waals surface area contributed by atoms with Gasteiger partial charge in [0.15, 0.2) is 0 Å². The Morgan fingerprint density at radius 3 is 2.73 bits per heavy atom. The Kier molecular flexibility index (Phi) is 5.81. The third kappa shape index (κ3) is 4.20. The van der Waals surface area contributed by atoms with Crippen LogP contribution in [-0.2, 0) is 0 Å². The van der Waals surface area contributed by atoms with Crippen LogP contribution in [0.2, 0.25) is 0 Å². The number of carbonyl (C=O) groups excluding carboxylic acids is 1. The van der Waals surface area contributed by atoms with Crippen LogP contribution in [0.5, 0.6) is 0 Å². The van der Waals surface area contributed by atoms with Crippen molar-refractivity contribution in [1.29, 1.82) is 0 Å². The summed E-state index contributed by atoms with van der Waals surface area (Å²) < 4.78 is 0. The molecule has 0 radical (unpaired) electrons. The third-order valence-corrected chi connectivity index (χ3v) is 5.69. The van der Waals surface area contributed by atoms with E-state index in [1.54, 1.807) is 11.3 Å². The molecule has 3 N–H and O–H groups in total. The van der Waals surface area contributed by atoms with Crippen molar-refractivity contribution in [2.24, 2.45) is 5.92 Å². The standard InChI is InChI=1S/C16H27N3O2S/c1-11-9-17-14(22-11)12(2)18-15(21)19-16(3,10-20)13-7-5-4-6-8-13/h9,12-13,20H,4-8,10H2,1-3H3,(H2,18,19,21)/t12-,16-/m0/s1. The fourth-order valence-electron chi connectivity index (χ4n) is 3.14. The highest BCUT2D eigenvalue weighted by Crippen LogP contribution is 2.32. The molecule has 2 amide bonds. The zero-order valence-electron chi connectivity index (χ0n) is 13.7. The van der Waals surface area contributed by atoms with Gasteiger partial charge in [0.1, 0.15) is 5.01 Å². The van der Waals surface area contributed by atoms with Crippen molar-refractivity contribution >= 4 is 17.4 Å². The fourth-order valence-corrected chi connectivity index (χ4v) is 3.91. The summed E-state index contributed by atoms with van der Waals surface area (Å²) in [5, 5.41) is 16.6. The number of aliphatic hydroxyl groups excluding tert-OH is 1. The van der Waals surface area contributed by atoms with E-state index in [-0.39, 0.29) is 18.7 Å². The summed E-state index contributed by atoms with van der Waals surface area (Å²) in [4.78, 5) is 17.7. The maximum absolute atomic E-state index is 12.3. The van der Waals surface area contributed by atoms with Crippen LogP contribution in [-0.4, -0.2) is 28.3 Å². The molecule has 2 rings (SSSR count). The van der Waals surface area contributed by atoms with Crippen LogP contribution in [0, 0.1) is 12.8 Å². The number of hydrogen-bond acceptors (Lipinski definition) is 4. The van der Waals surface area contributed by atoms with Crippen molar-refractivity contribution in [3.8, 4) is 0 Å². The summed E-state index contributed by atoms with van der Waals surface area (Å²) in [7, 11) is 0. The van der Waals surface area contributed by atoms with Crippen molar-refractivity contribution in [2.75, 3.05) is 6.61 Å². The van der Waals surface area contributed by atoms with Crippen LogP contribution in [0.1, 0.15) is 61.9 Å². The second kappa shape index (κ2) is 7.42. The van der Waals surface area contributed by atoms with E-state index >= 15 is 0 Å². The van der Waals surface area contributed by atoms with Crippen molar-refractivity contribution in [3.63, 3.8) is 0 Å². The molecule has 1 saturated carbocycles. The molecule has 0 spiro atoms. The first-order valence-corrected chi connectivity index (χ1v) is 8.88. The minimum atomic E-state index is -0.553. The molecular formula is C16H27N3O2S. The number of aryl methyl sites for hydroxylation is 1. The van der Waals surface area contributed by atoms with Crippen LogP contribution in [0.3, 0.4) is 0 Å². The third-order valence-electron chi connectivity index (χ3n) is 4.59. The maximum Gasteiger partial charge on any atom is 0.315 e. The highest BCUT2D eigenvalue weighted by Gasteiger charge is 2.36. The van der Waals surface area contributed by atoms with Gasteiger partial charge in [-0.1, -0.05) is 19.3 Å². The van der Waals surface area contributed by atoms with Crippen molar-refractivity contribution < 1.29 is 9.90 Å². The summed E-state index contributed by atoms with van der Waals surface area (Å²) in [6.45, 7) is 5.84. The number of aromatic nitrogens is 1. The van der Waals surface area contributed by atoms with Crippen LogP contribution < -0.4 is 10.6 Å². The molecule has 1 aromatic rings. The van der Waals surface area contributed by atoms with Gasteiger partial charge >= 0.3 is 6.03 Å². The molecule has 1 fully saturated rings. The van der Waals surface area contributed by atoms with Gasteiger partial charge in [-0.15, -0.1) is 11.3 Å². The first kappa shape index (κ1) is 17.2. The van der Waals surface area contributed by atoms with Crippen LogP contribution in [0.4, 0.5) is 4.79 Å². The number of hydrogen-bond donors (Lipinski definition) is 3. The molecule has 0 aromatic carbocycles. The number of nitrogens with one attached hydrogen (secondary N) is 2. The number of nitrogens with zero attached hydrogens (tertiary/aromatic N) is 1. The van der Waals surface area contributed by atoms with Gasteiger partial charge in [0.2, 0.25) is 0 Å². The van der Waals surface area contributed by atoms with E-state index in [0.29, 0.717) is 5.92 Å². The van der Waals surface area contributed by atoms with E-state index in [2.05, 4.69) is 15.6 Å². The maximum atomic E-state index is 12.3. The van der Waals surface area contributed by atoms with E-state index < -0.39 is 5.54 Å². The average molecular weight is 325 g/mol. The Hall–Kier alpha value is -1.14. The Bertz CT molecular complexity index is 499. The summed E-state index contributed by atoms with van der Waals surface area (Å²) in [6.07, 6.45) is 7.56. The average Bonchev–Trinajstić information content (AvgIpc) is 2.94. The second-order valence-electron chi connectivity index (χ2n) is 6.54. The molecule has 5 nitrogen and oxygen atoms in total. The Balaban J connectivity index is 1.93. The van der Waals surface area contributed by atoms with Gasteiger partial charge < -0.3 is 15.7 Å². The first-order valence-electron chi connectivity index (χ1n) is 8.06. The van der Waals surface area contributed by atoms with Crippen LogP contribution in [0.25, 0.3) is 0 Å². The molecule has 1 aliphatic carbocycles. The summed E-state index contributed by atoms with van der Waals surface area (Å²) in [5.74, 6) is 0.342. The lowest BCUT2D eigenvalue weighted by Gasteiger charge is -2.39. The smallest absolute Gasteiger partial charge is 0.315 e. The van der Waals surface area contributed by atoms with E-state index in [9.17, 15) is 9.90 Å². The van der Waals surface area contributed by atoms with Crippen LogP contribution >= 0.6 is 11.3 Å². The molecule has 1 aliphatic rings. The van der Waals surface area contributed by atoms with Crippen molar-refractivity contribution in [1.82, 2.24) is 15.6 Å². The zero-order chi connectivity index (χ0) is 16.2. The van der Waals surface area contributed by atoms with E-state index in [4.69, 9.17) is 0 Å². The largest absolute Gasteiger partial charge is 0.394 e. The number of carbonyl (C=O) groups is 1. The Morgan fingerprint density at radius 2 is 2.18 bits per heavy atom. The highest BCUT2D eigenvalue weighted by molar-refractivity contribution is 7.11. The lowest BCUT2D eigenvalue weighted by Crippen LogP contribution is -2.57. The van der Waals surface area contributed by atoms with Gasteiger partial charge in [0.25, 0.3) is 0 Å². The molecule has 1 aromatic heterocycles. The SMILES string of the molecule is Cc1cnc([C@H](C)NC(=O)N[C@@](C)(CO)C2CCCCC2)s1. The molecule has 6 heteroatoms. The molecule has 0 aliphatic heterocycles. The van der Waals surface area contributed by atoms with Crippen molar-refractivity contribution in [3.05, 3.63) is 16.1 Å². The number of urea groups is 1. The van der Waals surface area contributed by atoms with Gasteiger partial charge in [0, 0.05) is 11.1 Å². The molecule has 0 bridgehead atoms. The minimum absolute atomic E-state index is 0.0319. The predicted molar refractivity (Wildman–Crippen MR) is 89.0 cm³/mol. The van der Waals surface area contributed by atoms with Gasteiger partial charge in [-0.2, -0.15) is 0 Å². The summed E-state index contributed by atoms with van der Waals surface area (Å²) in [5.41, 5.74) is -0.553. The molecule has 1 heterocycles. The molecule has 0 unspecified atom stereocenters. The van der Waals surface area contributed by atoms with E-state index in [1.807, 2.05) is 27.0 Å². The van der Waals surface area contributed by atoms with E-state index in [1.165, 1.54) is 19.3 Å². The monoisotopic (exact) mass is 325 g/mol. The fraction of sp³-hybridized carbons (Fsp3) is 0.750. The highest BCUT2D eigenvalue weighted by atomic mass is 32.1. The van der Waals surface area contributed by atoms with Crippen molar-refractivity contribution in [2.45, 2.75) is 64.5 Å². The summed E-state index contributed by atoms with van der Waals surface area (Å²) in [6, 6.07) is -0.365. The zero-order valence-corrected chi connectivity index (χ0v) is 14.5. The topological polar surface area (TPSA) is 74.2 Å². The number of rotatable bonds is 5. The lowest BCUT2D eigenvalue weighted by atomic mass is 9.76. The molecule has 0 saturated heterocycles. The first-order chi connectivity index (χ1) is 10.4. The normalized spacial score (nSPS) is 20.2. The summed E-state index contributed by atoms with van der Waals surface area (Å²) >= 11 is 1.59. The number of thiazole rings is 1. The van der Waals surface area contributed by atoms with Gasteiger partial charge in [-0.25, -0.2) is 9.78 Å². The molecule has 2 atom stereocenters. The Morgan fingerprint density at radius 1 is 1.50 bits per heavy atom. The molecular weight excluding hydrogens is 298 g/mol. The number of aliphatic hydroxyl groups is 1. The van der Waals surface area contributed by atoms with Gasteiger partial charge in [-0.3, -0.25) is 0 Å². The minimum Gasteiger partial charge on any atom is -0.394 e. The molecule has 22 heavy (non-hydrogen) atoms. The second-order valence-corrected chi connectivity index (χ2v) is 7.81. The number of amides is 2. The lowest BCUT2D eigenvalue weighted by molar-refractivity contribution is 0.101. The molecule has 124 valence electrons. The quantitative estimate of drug-likeness (QED) is 0.778. The van der Waals surface area contributed by atoms with Crippen LogP contribution in [0.15, 0.2) is 6.20 Å². The van der Waals surface area contributed by atoms with Gasteiger partial charge in [0.05, 0.1) is 18.2 Å².